The standard InChI is InChI=1S/C21H22N4O3S/c1-29-19-10-18(23-20-17(13-26)11-22-25(19)20)16-8-5-9-24(12-16)21(27)28-14-15-6-3-2-4-7-15/h2-4,6-7,10-11,13,16H,5,8-9,12,14H2,1H3. The van der Waals surface area contributed by atoms with Crippen LogP contribution in [0.2, 0.25) is 0 Å². The molecule has 1 aromatic carbocycles. The highest BCUT2D eigenvalue weighted by atomic mass is 32.2. The third-order valence-corrected chi connectivity index (χ3v) is 5.83. The van der Waals surface area contributed by atoms with Crippen LogP contribution in [0.5, 0.6) is 0 Å². The molecule has 1 aliphatic heterocycles. The molecular formula is C21H22N4O3S. The van der Waals surface area contributed by atoms with Crippen LogP contribution in [-0.4, -0.2) is 51.2 Å². The van der Waals surface area contributed by atoms with E-state index in [2.05, 4.69) is 5.10 Å². The minimum Gasteiger partial charge on any atom is -0.445 e. The van der Waals surface area contributed by atoms with Gasteiger partial charge in [0, 0.05) is 19.0 Å². The quantitative estimate of drug-likeness (QED) is 0.362. The van der Waals surface area contributed by atoms with Crippen LogP contribution in [0.4, 0.5) is 4.79 Å². The van der Waals surface area contributed by atoms with Gasteiger partial charge in [-0.2, -0.15) is 5.10 Å². The van der Waals surface area contributed by atoms with Crippen molar-refractivity contribution >= 4 is 29.8 Å². The van der Waals surface area contributed by atoms with E-state index in [4.69, 9.17) is 9.72 Å². The van der Waals surface area contributed by atoms with Crippen LogP contribution in [0.25, 0.3) is 5.65 Å². The van der Waals surface area contributed by atoms with E-state index in [1.54, 1.807) is 21.2 Å². The number of aldehydes is 1. The molecule has 3 heterocycles. The van der Waals surface area contributed by atoms with Crippen molar-refractivity contribution in [1.82, 2.24) is 19.5 Å². The van der Waals surface area contributed by atoms with Gasteiger partial charge in [-0.15, -0.1) is 11.8 Å². The molecule has 8 heteroatoms. The van der Waals surface area contributed by atoms with Crippen molar-refractivity contribution in [3.63, 3.8) is 0 Å². The number of carbonyl (C=O) groups is 2. The molecule has 0 spiro atoms. The SMILES string of the molecule is CSc1cc(C2CCCN(C(=O)OCc3ccccc3)C2)nc2c(C=O)cnn12. The fourth-order valence-corrected chi connectivity index (χ4v) is 4.15. The number of fused-ring (bicyclic) bond motifs is 1. The normalized spacial score (nSPS) is 16.7. The largest absolute Gasteiger partial charge is 0.445 e. The van der Waals surface area contributed by atoms with Crippen molar-refractivity contribution in [2.75, 3.05) is 19.3 Å². The second kappa shape index (κ2) is 8.65. The molecule has 1 fully saturated rings. The number of ether oxygens (including phenoxy) is 1. The van der Waals surface area contributed by atoms with Crippen molar-refractivity contribution in [2.45, 2.75) is 30.4 Å². The Morgan fingerprint density at radius 2 is 2.17 bits per heavy atom. The Kier molecular flexibility index (Phi) is 5.80. The summed E-state index contributed by atoms with van der Waals surface area (Å²) in [5.74, 6) is 0.0957. The maximum Gasteiger partial charge on any atom is 0.410 e. The molecule has 0 bridgehead atoms. The number of carbonyl (C=O) groups excluding carboxylic acids is 2. The molecular weight excluding hydrogens is 388 g/mol. The minimum absolute atomic E-state index is 0.0957. The fraction of sp³-hybridized carbons (Fsp3) is 0.333. The highest BCUT2D eigenvalue weighted by Crippen LogP contribution is 2.29. The minimum atomic E-state index is -0.303. The number of nitrogens with zero attached hydrogens (tertiary/aromatic N) is 4. The van der Waals surface area contributed by atoms with Crippen LogP contribution in [0.3, 0.4) is 0 Å². The second-order valence-electron chi connectivity index (χ2n) is 7.00. The summed E-state index contributed by atoms with van der Waals surface area (Å²) in [6, 6.07) is 11.7. The first kappa shape index (κ1) is 19.4. The number of benzene rings is 1. The predicted octanol–water partition coefficient (Wildman–Crippen LogP) is 3.78. The molecule has 29 heavy (non-hydrogen) atoms. The zero-order valence-corrected chi connectivity index (χ0v) is 17.0. The lowest BCUT2D eigenvalue weighted by Gasteiger charge is -2.32. The number of aromatic nitrogens is 3. The average Bonchev–Trinajstić information content (AvgIpc) is 3.20. The summed E-state index contributed by atoms with van der Waals surface area (Å²) in [7, 11) is 0. The van der Waals surface area contributed by atoms with Crippen LogP contribution in [0.15, 0.2) is 47.6 Å². The highest BCUT2D eigenvalue weighted by molar-refractivity contribution is 7.98. The molecule has 1 unspecified atom stereocenters. The number of hydrogen-bond acceptors (Lipinski definition) is 6. The van der Waals surface area contributed by atoms with Gasteiger partial charge in [0.1, 0.15) is 11.6 Å². The summed E-state index contributed by atoms with van der Waals surface area (Å²) >= 11 is 1.55. The van der Waals surface area contributed by atoms with Crippen LogP contribution in [0.1, 0.15) is 40.4 Å². The van der Waals surface area contributed by atoms with Gasteiger partial charge in [0.2, 0.25) is 0 Å². The Balaban J connectivity index is 1.50. The van der Waals surface area contributed by atoms with Gasteiger partial charge in [-0.1, -0.05) is 30.3 Å². The number of piperidine rings is 1. The summed E-state index contributed by atoms with van der Waals surface area (Å²) < 4.78 is 7.18. The predicted molar refractivity (Wildman–Crippen MR) is 110 cm³/mol. The van der Waals surface area contributed by atoms with E-state index < -0.39 is 0 Å². The average molecular weight is 410 g/mol. The van der Waals surface area contributed by atoms with Gasteiger partial charge in [-0.3, -0.25) is 4.79 Å². The van der Waals surface area contributed by atoms with Crippen LogP contribution >= 0.6 is 11.8 Å². The van der Waals surface area contributed by atoms with Gasteiger partial charge in [0.15, 0.2) is 11.9 Å². The smallest absolute Gasteiger partial charge is 0.410 e. The summed E-state index contributed by atoms with van der Waals surface area (Å²) in [6.45, 7) is 1.49. The summed E-state index contributed by atoms with van der Waals surface area (Å²) in [5.41, 5.74) is 2.88. The second-order valence-corrected chi connectivity index (χ2v) is 7.83. The Morgan fingerprint density at radius 1 is 1.34 bits per heavy atom. The van der Waals surface area contributed by atoms with Crippen molar-refractivity contribution in [3.8, 4) is 0 Å². The van der Waals surface area contributed by atoms with Gasteiger partial charge in [-0.25, -0.2) is 14.3 Å². The van der Waals surface area contributed by atoms with Crippen LogP contribution in [0, 0.1) is 0 Å². The molecule has 0 saturated carbocycles. The van der Waals surface area contributed by atoms with Crippen molar-refractivity contribution in [1.29, 1.82) is 0 Å². The Labute approximate surface area is 173 Å². The molecule has 3 aromatic rings. The number of thioether (sulfide) groups is 1. The van der Waals surface area contributed by atoms with E-state index in [0.29, 0.717) is 24.3 Å². The molecule has 1 amide bonds. The molecule has 7 nitrogen and oxygen atoms in total. The summed E-state index contributed by atoms with van der Waals surface area (Å²) in [6.07, 6.45) is 5.79. The Bertz CT molecular complexity index is 1020. The van der Waals surface area contributed by atoms with Crippen LogP contribution in [-0.2, 0) is 11.3 Å². The van der Waals surface area contributed by atoms with E-state index >= 15 is 0 Å². The highest BCUT2D eigenvalue weighted by Gasteiger charge is 2.27. The molecule has 4 rings (SSSR count). The zero-order valence-electron chi connectivity index (χ0n) is 16.2. The molecule has 0 aliphatic carbocycles. The third-order valence-electron chi connectivity index (χ3n) is 5.13. The van der Waals surface area contributed by atoms with Crippen molar-refractivity contribution < 1.29 is 14.3 Å². The first-order valence-electron chi connectivity index (χ1n) is 9.53. The Morgan fingerprint density at radius 3 is 2.93 bits per heavy atom. The van der Waals surface area contributed by atoms with Crippen molar-refractivity contribution in [3.05, 3.63) is 59.4 Å². The number of likely N-dealkylation sites (tertiary alicyclic amines) is 1. The van der Waals surface area contributed by atoms with E-state index in [1.807, 2.05) is 42.7 Å². The maximum atomic E-state index is 12.6. The number of hydrogen-bond donors (Lipinski definition) is 0. The van der Waals surface area contributed by atoms with Gasteiger partial charge in [0.25, 0.3) is 0 Å². The molecule has 150 valence electrons. The lowest BCUT2D eigenvalue weighted by atomic mass is 9.95. The molecule has 1 atom stereocenters. The lowest BCUT2D eigenvalue weighted by molar-refractivity contribution is 0.0856. The fourth-order valence-electron chi connectivity index (χ4n) is 3.60. The van der Waals surface area contributed by atoms with E-state index in [1.165, 1.54) is 6.20 Å². The number of rotatable bonds is 5. The van der Waals surface area contributed by atoms with Gasteiger partial charge >= 0.3 is 6.09 Å². The first-order valence-corrected chi connectivity index (χ1v) is 10.8. The van der Waals surface area contributed by atoms with Gasteiger partial charge in [-0.05, 0) is 30.7 Å². The van der Waals surface area contributed by atoms with E-state index in [9.17, 15) is 9.59 Å². The Hall–Kier alpha value is -2.87. The zero-order chi connectivity index (χ0) is 20.2. The summed E-state index contributed by atoms with van der Waals surface area (Å²) in [5, 5.41) is 5.18. The molecule has 2 aromatic heterocycles. The summed E-state index contributed by atoms with van der Waals surface area (Å²) in [4.78, 5) is 30.3. The monoisotopic (exact) mass is 410 g/mol. The van der Waals surface area contributed by atoms with Gasteiger partial charge in [0.05, 0.1) is 17.5 Å². The van der Waals surface area contributed by atoms with E-state index in [-0.39, 0.29) is 18.6 Å². The van der Waals surface area contributed by atoms with Crippen molar-refractivity contribution in [2.24, 2.45) is 0 Å². The van der Waals surface area contributed by atoms with Gasteiger partial charge < -0.3 is 9.64 Å². The molecule has 0 radical (unpaired) electrons. The molecule has 1 aliphatic rings. The number of amides is 1. The molecule has 1 saturated heterocycles. The van der Waals surface area contributed by atoms with Crippen LogP contribution < -0.4 is 0 Å². The lowest BCUT2D eigenvalue weighted by Crippen LogP contribution is -2.39. The van der Waals surface area contributed by atoms with E-state index in [0.717, 1.165) is 35.4 Å². The molecule has 0 N–H and O–H groups in total. The maximum absolute atomic E-state index is 12.6. The first-order chi connectivity index (χ1) is 14.2. The third kappa shape index (κ3) is 4.12. The topological polar surface area (TPSA) is 76.8 Å².